The van der Waals surface area contributed by atoms with Gasteiger partial charge in [-0.2, -0.15) is 13.2 Å². The molecule has 21 heavy (non-hydrogen) atoms. The predicted molar refractivity (Wildman–Crippen MR) is 80.9 cm³/mol. The average Bonchev–Trinajstić information content (AvgIpc) is 2.80. The molecule has 0 aromatic rings. The Labute approximate surface area is 123 Å². The van der Waals surface area contributed by atoms with Crippen LogP contribution in [0.1, 0.15) is 39.5 Å². The topological polar surface area (TPSA) is 38.4 Å². The van der Waals surface area contributed by atoms with Gasteiger partial charge in [0.25, 0.3) is 0 Å². The van der Waals surface area contributed by atoms with Crippen molar-refractivity contribution in [2.24, 2.45) is 10.7 Å². The van der Waals surface area contributed by atoms with E-state index in [1.54, 1.807) is 32.2 Å². The monoisotopic (exact) mass is 298 g/mol. The second-order valence-electron chi connectivity index (χ2n) is 4.80. The molecule has 0 aromatic heterocycles. The summed E-state index contributed by atoms with van der Waals surface area (Å²) in [5, 5.41) is 0. The summed E-state index contributed by atoms with van der Waals surface area (Å²) in [6.45, 7) is 3.41. The Morgan fingerprint density at radius 1 is 1.33 bits per heavy atom. The molecule has 0 radical (unpaired) electrons. The molecule has 0 bridgehead atoms. The fourth-order valence-corrected chi connectivity index (χ4v) is 2.03. The largest absolute Gasteiger partial charge is 0.416 e. The van der Waals surface area contributed by atoms with Gasteiger partial charge < -0.3 is 5.73 Å². The predicted octanol–water partition coefficient (Wildman–Crippen LogP) is 4.81. The summed E-state index contributed by atoms with van der Waals surface area (Å²) in [6.07, 6.45) is 5.58. The summed E-state index contributed by atoms with van der Waals surface area (Å²) in [7, 11) is 0. The van der Waals surface area contributed by atoms with Gasteiger partial charge >= 0.3 is 6.18 Å². The van der Waals surface area contributed by atoms with Crippen LogP contribution in [0.25, 0.3) is 0 Å². The van der Waals surface area contributed by atoms with Gasteiger partial charge in [-0.25, -0.2) is 0 Å². The molecule has 1 aliphatic rings. The Balaban J connectivity index is 3.05. The van der Waals surface area contributed by atoms with Gasteiger partial charge in [0.1, 0.15) is 0 Å². The SMILES string of the molecule is C\C=C/C(=C\C(=C\CC)C(F)(F)F)N=CC1=C(N)CCC1. The molecule has 0 saturated heterocycles. The number of nitrogens with two attached hydrogens (primary N) is 1. The Bertz CT molecular complexity index is 506. The third-order valence-electron chi connectivity index (χ3n) is 3.07. The minimum Gasteiger partial charge on any atom is -0.402 e. The summed E-state index contributed by atoms with van der Waals surface area (Å²) in [4.78, 5) is 4.15. The fraction of sp³-hybridized carbons (Fsp3) is 0.438. The number of rotatable bonds is 5. The summed E-state index contributed by atoms with van der Waals surface area (Å²) in [5.74, 6) is 0. The van der Waals surface area contributed by atoms with Crippen LogP contribution in [0.4, 0.5) is 13.2 Å². The van der Waals surface area contributed by atoms with E-state index in [9.17, 15) is 13.2 Å². The Hall–Kier alpha value is -1.78. The van der Waals surface area contributed by atoms with Crippen molar-refractivity contribution in [3.8, 4) is 0 Å². The van der Waals surface area contributed by atoms with E-state index in [4.69, 9.17) is 5.73 Å². The minimum absolute atomic E-state index is 0.265. The number of hydrogen-bond donors (Lipinski definition) is 1. The zero-order valence-electron chi connectivity index (χ0n) is 12.4. The number of allylic oxidation sites excluding steroid dienone is 7. The van der Waals surface area contributed by atoms with Crippen LogP contribution in [0, 0.1) is 0 Å². The van der Waals surface area contributed by atoms with Crippen molar-refractivity contribution in [3.63, 3.8) is 0 Å². The van der Waals surface area contributed by atoms with Crippen LogP contribution in [0.2, 0.25) is 0 Å². The van der Waals surface area contributed by atoms with Crippen molar-refractivity contribution in [2.45, 2.75) is 45.7 Å². The summed E-state index contributed by atoms with van der Waals surface area (Å²) in [5.41, 5.74) is 7.10. The van der Waals surface area contributed by atoms with E-state index in [-0.39, 0.29) is 5.70 Å². The maximum absolute atomic E-state index is 12.9. The van der Waals surface area contributed by atoms with E-state index < -0.39 is 11.7 Å². The van der Waals surface area contributed by atoms with Crippen molar-refractivity contribution in [1.29, 1.82) is 0 Å². The van der Waals surface area contributed by atoms with Gasteiger partial charge in [0, 0.05) is 11.9 Å². The summed E-state index contributed by atoms with van der Waals surface area (Å²) >= 11 is 0. The lowest BCUT2D eigenvalue weighted by molar-refractivity contribution is -0.0884. The molecule has 0 unspecified atom stereocenters. The van der Waals surface area contributed by atoms with E-state index in [0.29, 0.717) is 6.42 Å². The highest BCUT2D eigenvalue weighted by atomic mass is 19.4. The third kappa shape index (κ3) is 5.61. The van der Waals surface area contributed by atoms with Crippen molar-refractivity contribution in [2.75, 3.05) is 0 Å². The first-order chi connectivity index (χ1) is 9.88. The quantitative estimate of drug-likeness (QED) is 0.574. The fourth-order valence-electron chi connectivity index (χ4n) is 2.03. The van der Waals surface area contributed by atoms with Gasteiger partial charge in [-0.15, -0.1) is 0 Å². The first-order valence-corrected chi connectivity index (χ1v) is 7.01. The highest BCUT2D eigenvalue weighted by molar-refractivity contribution is 5.81. The molecule has 0 fully saturated rings. The average molecular weight is 298 g/mol. The first kappa shape index (κ1) is 17.3. The molecule has 2 nitrogen and oxygen atoms in total. The summed E-state index contributed by atoms with van der Waals surface area (Å²) < 4.78 is 38.7. The van der Waals surface area contributed by atoms with Crippen LogP contribution in [0.15, 0.2) is 51.8 Å². The van der Waals surface area contributed by atoms with Gasteiger partial charge in [0.05, 0.1) is 11.3 Å². The highest BCUT2D eigenvalue weighted by Gasteiger charge is 2.31. The third-order valence-corrected chi connectivity index (χ3v) is 3.07. The second-order valence-corrected chi connectivity index (χ2v) is 4.80. The van der Waals surface area contributed by atoms with Gasteiger partial charge in [0.15, 0.2) is 0 Å². The van der Waals surface area contributed by atoms with Crippen molar-refractivity contribution < 1.29 is 13.2 Å². The number of hydrogen-bond acceptors (Lipinski definition) is 2. The molecule has 0 amide bonds. The lowest BCUT2D eigenvalue weighted by atomic mass is 10.1. The molecule has 2 N–H and O–H groups in total. The van der Waals surface area contributed by atoms with Gasteiger partial charge in [-0.05, 0) is 50.3 Å². The van der Waals surface area contributed by atoms with Crippen LogP contribution in [-0.4, -0.2) is 12.4 Å². The van der Waals surface area contributed by atoms with E-state index in [2.05, 4.69) is 4.99 Å². The van der Waals surface area contributed by atoms with Crippen LogP contribution in [-0.2, 0) is 0 Å². The molecule has 0 aliphatic heterocycles. The zero-order valence-corrected chi connectivity index (χ0v) is 12.4. The van der Waals surface area contributed by atoms with Crippen molar-refractivity contribution in [3.05, 3.63) is 46.8 Å². The van der Waals surface area contributed by atoms with Gasteiger partial charge in [-0.1, -0.05) is 19.1 Å². The number of aliphatic imine (C=N–C) groups is 1. The van der Waals surface area contributed by atoms with Gasteiger partial charge in [-0.3, -0.25) is 4.99 Å². The molecule has 1 aliphatic carbocycles. The lowest BCUT2D eigenvalue weighted by Gasteiger charge is -2.08. The molecule has 0 spiro atoms. The van der Waals surface area contributed by atoms with Crippen LogP contribution < -0.4 is 5.73 Å². The standard InChI is InChI=1S/C16H21F3N2/c1-3-6-13(16(17,18)19)10-14(7-4-2)21-11-12-8-5-9-15(12)20/h4,6-7,10-11H,3,5,8-9,20H2,1-2H3/b7-4-,13-6-,14-10+,21-11?. The van der Waals surface area contributed by atoms with Gasteiger partial charge in [0.2, 0.25) is 0 Å². The first-order valence-electron chi connectivity index (χ1n) is 7.01. The second kappa shape index (κ2) is 7.86. The van der Waals surface area contributed by atoms with Crippen molar-refractivity contribution in [1.82, 2.24) is 0 Å². The highest BCUT2D eigenvalue weighted by Crippen LogP contribution is 2.28. The Kier molecular flexibility index (Phi) is 6.46. The minimum atomic E-state index is -4.37. The molecule has 1 rings (SSSR count). The molecule has 0 aromatic carbocycles. The Morgan fingerprint density at radius 3 is 2.52 bits per heavy atom. The zero-order chi connectivity index (χ0) is 15.9. The molecule has 0 heterocycles. The molecule has 0 saturated carbocycles. The molecular weight excluding hydrogens is 277 g/mol. The van der Waals surface area contributed by atoms with E-state index in [0.717, 1.165) is 42.7 Å². The number of nitrogens with zero attached hydrogens (tertiary/aromatic N) is 1. The molecule has 0 atom stereocenters. The summed E-state index contributed by atoms with van der Waals surface area (Å²) in [6, 6.07) is 0. The number of halogens is 3. The van der Waals surface area contributed by atoms with Crippen LogP contribution in [0.5, 0.6) is 0 Å². The van der Waals surface area contributed by atoms with E-state index in [1.807, 2.05) is 0 Å². The maximum atomic E-state index is 12.9. The van der Waals surface area contributed by atoms with Crippen LogP contribution in [0.3, 0.4) is 0 Å². The number of alkyl halides is 3. The molecular formula is C16H21F3N2. The maximum Gasteiger partial charge on any atom is 0.416 e. The molecule has 5 heteroatoms. The molecule has 116 valence electrons. The van der Waals surface area contributed by atoms with Crippen LogP contribution >= 0.6 is 0 Å². The van der Waals surface area contributed by atoms with E-state index in [1.165, 1.54) is 0 Å². The van der Waals surface area contributed by atoms with E-state index >= 15 is 0 Å². The Morgan fingerprint density at radius 2 is 2.05 bits per heavy atom. The van der Waals surface area contributed by atoms with Crippen molar-refractivity contribution >= 4 is 6.21 Å². The normalized spacial score (nSPS) is 18.5. The smallest absolute Gasteiger partial charge is 0.402 e. The lowest BCUT2D eigenvalue weighted by Crippen LogP contribution is -2.10.